The summed E-state index contributed by atoms with van der Waals surface area (Å²) >= 11 is 0. The zero-order valence-corrected chi connectivity index (χ0v) is 25.2. The van der Waals surface area contributed by atoms with Gasteiger partial charge in [0, 0.05) is 73.9 Å². The average Bonchev–Trinajstić information content (AvgIpc) is 3.66. The zero-order valence-electron chi connectivity index (χ0n) is 25.2. The largest absolute Gasteiger partial charge is 0.444 e. The lowest BCUT2D eigenvalue weighted by Crippen LogP contribution is -2.66. The molecule has 2 N–H and O–H groups in total. The van der Waals surface area contributed by atoms with E-state index in [0.717, 1.165) is 69.5 Å². The quantitative estimate of drug-likeness (QED) is 0.534. The third kappa shape index (κ3) is 5.28. The molecule has 1 saturated heterocycles. The summed E-state index contributed by atoms with van der Waals surface area (Å²) in [5.74, 6) is 0.0336. The summed E-state index contributed by atoms with van der Waals surface area (Å²) in [7, 11) is 0. The van der Waals surface area contributed by atoms with E-state index in [0.29, 0.717) is 25.7 Å². The number of aliphatic hydroxyl groups excluding tert-OH is 1. The predicted octanol–water partition coefficient (Wildman–Crippen LogP) is 4.40. The first kappa shape index (κ1) is 27.7. The number of β-amino-alcohol motifs (C(OH)–C–C–N with tert-alkyl or cyclic N) is 1. The molecule has 1 atom stereocenters. The van der Waals surface area contributed by atoms with Gasteiger partial charge >= 0.3 is 6.09 Å². The number of carbonyl (C=O) groups is 2. The Morgan fingerprint density at radius 1 is 1.07 bits per heavy atom. The van der Waals surface area contributed by atoms with Crippen molar-refractivity contribution in [3.63, 3.8) is 0 Å². The van der Waals surface area contributed by atoms with E-state index in [-0.39, 0.29) is 22.8 Å². The zero-order chi connectivity index (χ0) is 29.3. The van der Waals surface area contributed by atoms with Crippen molar-refractivity contribution in [1.82, 2.24) is 14.7 Å². The first-order chi connectivity index (χ1) is 20.0. The van der Waals surface area contributed by atoms with Crippen molar-refractivity contribution in [3.05, 3.63) is 64.7 Å². The number of hydrogen-bond acceptors (Lipinski definition) is 6. The van der Waals surface area contributed by atoms with Gasteiger partial charge in [-0.05, 0) is 81.7 Å². The Hall–Kier alpha value is -3.10. The maximum atomic E-state index is 13.7. The Bertz CT molecular complexity index is 1380. The summed E-state index contributed by atoms with van der Waals surface area (Å²) in [6.45, 7) is 10.6. The van der Waals surface area contributed by atoms with Crippen LogP contribution in [0.15, 0.2) is 42.5 Å². The van der Waals surface area contributed by atoms with Gasteiger partial charge in [-0.1, -0.05) is 30.3 Å². The molecule has 2 aromatic carbocycles. The third-order valence-electron chi connectivity index (χ3n) is 10.00. The standard InChI is InChI=1S/C34H44N4O4/c1-32(2,3)42-31(41)38-20-33(21-38)15-26(16-33)35-25-8-9-29-28(14-25)30(40)37(22-34(29)11-12-34)19-27(39)18-36-13-10-23-6-4-5-7-24(23)17-36/h4-9,14,26-27,35,39H,10-13,15-22H2,1-3H3. The third-order valence-corrected chi connectivity index (χ3v) is 10.00. The summed E-state index contributed by atoms with van der Waals surface area (Å²) in [6.07, 6.45) is 4.42. The number of amides is 2. The molecule has 3 heterocycles. The Balaban J connectivity index is 0.951. The van der Waals surface area contributed by atoms with E-state index < -0.39 is 11.7 Å². The van der Waals surface area contributed by atoms with Crippen molar-refractivity contribution in [3.8, 4) is 0 Å². The van der Waals surface area contributed by atoms with Crippen LogP contribution in [0.2, 0.25) is 0 Å². The number of rotatable bonds is 6. The summed E-state index contributed by atoms with van der Waals surface area (Å²) < 4.78 is 5.51. The van der Waals surface area contributed by atoms with Crippen molar-refractivity contribution in [2.75, 3.05) is 44.6 Å². The molecule has 2 aromatic rings. The van der Waals surface area contributed by atoms with Crippen LogP contribution in [-0.4, -0.2) is 88.8 Å². The van der Waals surface area contributed by atoms with Gasteiger partial charge in [-0.25, -0.2) is 4.79 Å². The monoisotopic (exact) mass is 572 g/mol. The van der Waals surface area contributed by atoms with Crippen LogP contribution < -0.4 is 5.32 Å². The lowest BCUT2D eigenvalue weighted by atomic mass is 9.60. The molecule has 2 aliphatic carbocycles. The van der Waals surface area contributed by atoms with Crippen molar-refractivity contribution >= 4 is 17.7 Å². The molecule has 2 spiro atoms. The van der Waals surface area contributed by atoms with Crippen LogP contribution in [0.5, 0.6) is 0 Å². The van der Waals surface area contributed by atoms with E-state index in [4.69, 9.17) is 4.74 Å². The van der Waals surface area contributed by atoms with Crippen molar-refractivity contribution in [2.24, 2.45) is 5.41 Å². The van der Waals surface area contributed by atoms with Gasteiger partial charge in [0.2, 0.25) is 0 Å². The van der Waals surface area contributed by atoms with Crippen LogP contribution in [0, 0.1) is 5.41 Å². The number of carbonyl (C=O) groups excluding carboxylic acids is 2. The number of nitrogens with zero attached hydrogens (tertiary/aromatic N) is 3. The summed E-state index contributed by atoms with van der Waals surface area (Å²) in [5, 5.41) is 14.7. The van der Waals surface area contributed by atoms with E-state index in [1.807, 2.05) is 31.7 Å². The van der Waals surface area contributed by atoms with E-state index >= 15 is 0 Å². The van der Waals surface area contributed by atoms with Gasteiger partial charge in [0.15, 0.2) is 0 Å². The maximum Gasteiger partial charge on any atom is 0.410 e. The van der Waals surface area contributed by atoms with Gasteiger partial charge < -0.3 is 25.0 Å². The molecule has 8 nitrogen and oxygen atoms in total. The highest BCUT2D eigenvalue weighted by Gasteiger charge is 2.55. The average molecular weight is 573 g/mol. The minimum atomic E-state index is -0.577. The molecule has 42 heavy (non-hydrogen) atoms. The fourth-order valence-electron chi connectivity index (χ4n) is 7.81. The van der Waals surface area contributed by atoms with Gasteiger partial charge in [-0.3, -0.25) is 9.69 Å². The first-order valence-electron chi connectivity index (χ1n) is 15.7. The number of likely N-dealkylation sites (tertiary alicyclic amines) is 1. The Labute approximate surface area is 249 Å². The Morgan fingerprint density at radius 2 is 1.81 bits per heavy atom. The minimum absolute atomic E-state index is 0.0336. The number of ether oxygens (including phenoxy) is 1. The number of benzene rings is 2. The van der Waals surface area contributed by atoms with Crippen LogP contribution in [0.3, 0.4) is 0 Å². The summed E-state index contributed by atoms with van der Waals surface area (Å²) in [4.78, 5) is 32.1. The molecule has 2 amide bonds. The van der Waals surface area contributed by atoms with Crippen molar-refractivity contribution in [1.29, 1.82) is 0 Å². The Morgan fingerprint density at radius 3 is 2.52 bits per heavy atom. The molecular weight excluding hydrogens is 528 g/mol. The first-order valence-corrected chi connectivity index (χ1v) is 15.7. The second kappa shape index (κ2) is 9.98. The van der Waals surface area contributed by atoms with Gasteiger partial charge in [-0.15, -0.1) is 0 Å². The molecule has 2 saturated carbocycles. The van der Waals surface area contributed by atoms with E-state index in [1.54, 1.807) is 4.90 Å². The number of nitrogens with one attached hydrogen (secondary N) is 1. The minimum Gasteiger partial charge on any atom is -0.444 e. The summed E-state index contributed by atoms with van der Waals surface area (Å²) in [5.41, 5.74) is 5.45. The molecule has 3 fully saturated rings. The van der Waals surface area contributed by atoms with Crippen LogP contribution >= 0.6 is 0 Å². The van der Waals surface area contributed by atoms with Gasteiger partial charge in [0.25, 0.3) is 5.91 Å². The van der Waals surface area contributed by atoms with E-state index in [1.165, 1.54) is 16.7 Å². The number of fused-ring (bicyclic) bond motifs is 3. The number of hydrogen-bond donors (Lipinski definition) is 2. The second-order valence-corrected chi connectivity index (χ2v) is 14.7. The lowest BCUT2D eigenvalue weighted by Gasteiger charge is -2.58. The normalized spacial score (nSPS) is 23.1. The van der Waals surface area contributed by atoms with Gasteiger partial charge in [0.1, 0.15) is 5.60 Å². The molecule has 5 aliphatic rings. The van der Waals surface area contributed by atoms with Crippen LogP contribution in [0.25, 0.3) is 0 Å². The van der Waals surface area contributed by atoms with Crippen molar-refractivity contribution in [2.45, 2.75) is 82.6 Å². The maximum absolute atomic E-state index is 13.7. The molecule has 7 rings (SSSR count). The van der Waals surface area contributed by atoms with Crippen LogP contribution in [0.1, 0.15) is 73.5 Å². The molecule has 224 valence electrons. The lowest BCUT2D eigenvalue weighted by molar-refractivity contribution is -0.0738. The van der Waals surface area contributed by atoms with Crippen LogP contribution in [0.4, 0.5) is 10.5 Å². The smallest absolute Gasteiger partial charge is 0.410 e. The molecule has 0 radical (unpaired) electrons. The second-order valence-electron chi connectivity index (χ2n) is 14.7. The molecule has 8 heteroatoms. The van der Waals surface area contributed by atoms with Gasteiger partial charge in [0.05, 0.1) is 6.10 Å². The SMILES string of the molecule is CC(C)(C)OC(=O)N1CC2(CC(Nc3ccc4c(c3)C(=O)N(CC(O)CN3CCc5ccccc5C3)CC43CC3)C2)C1. The molecular formula is C34H44N4O4. The molecule has 1 unspecified atom stereocenters. The Kier molecular flexibility index (Phi) is 6.59. The molecule has 0 bridgehead atoms. The topological polar surface area (TPSA) is 85.3 Å². The highest BCUT2D eigenvalue weighted by molar-refractivity contribution is 5.99. The fraction of sp³-hybridized carbons (Fsp3) is 0.588. The van der Waals surface area contributed by atoms with E-state index in [2.05, 4.69) is 46.6 Å². The van der Waals surface area contributed by atoms with Crippen molar-refractivity contribution < 1.29 is 19.4 Å². The number of anilines is 1. The van der Waals surface area contributed by atoms with Gasteiger partial charge in [-0.2, -0.15) is 0 Å². The van der Waals surface area contributed by atoms with E-state index in [9.17, 15) is 14.7 Å². The highest BCUT2D eigenvalue weighted by atomic mass is 16.6. The highest BCUT2D eigenvalue weighted by Crippen LogP contribution is 2.53. The summed E-state index contributed by atoms with van der Waals surface area (Å²) in [6, 6.07) is 15.2. The van der Waals surface area contributed by atoms with Crippen LogP contribution in [-0.2, 0) is 23.1 Å². The number of aliphatic hydroxyl groups is 1. The molecule has 3 aliphatic heterocycles. The molecule has 0 aromatic heterocycles. The predicted molar refractivity (Wildman–Crippen MR) is 162 cm³/mol. The fourth-order valence-corrected chi connectivity index (χ4v) is 7.81.